The first kappa shape index (κ1) is 23.1. The molecule has 1 atom stereocenters. The molecule has 4 aromatic rings. The van der Waals surface area contributed by atoms with E-state index in [2.05, 4.69) is 32.3 Å². The lowest BCUT2D eigenvalue weighted by Crippen LogP contribution is -2.40. The molecule has 4 aromatic heterocycles. The van der Waals surface area contributed by atoms with Crippen molar-refractivity contribution >= 4 is 41.4 Å². The van der Waals surface area contributed by atoms with E-state index in [0.29, 0.717) is 33.0 Å². The van der Waals surface area contributed by atoms with E-state index < -0.39 is 0 Å². The Morgan fingerprint density at radius 3 is 2.83 bits per heavy atom. The zero-order valence-corrected chi connectivity index (χ0v) is 20.3. The van der Waals surface area contributed by atoms with Gasteiger partial charge in [-0.3, -0.25) is 4.79 Å². The lowest BCUT2D eigenvalue weighted by molar-refractivity contribution is 0.0901. The Morgan fingerprint density at radius 1 is 1.37 bits per heavy atom. The number of aromatic amines is 2. The monoisotopic (exact) mass is 493 g/mol. The summed E-state index contributed by atoms with van der Waals surface area (Å²) in [6, 6.07) is 5.67. The van der Waals surface area contributed by atoms with Crippen molar-refractivity contribution in [1.82, 2.24) is 29.9 Å². The fourth-order valence-electron chi connectivity index (χ4n) is 3.72. The van der Waals surface area contributed by atoms with Gasteiger partial charge in [0.2, 0.25) is 0 Å². The van der Waals surface area contributed by atoms with Gasteiger partial charge in [-0.15, -0.1) is 11.3 Å². The number of carbonyl (C=O) groups is 1. The van der Waals surface area contributed by atoms with Gasteiger partial charge < -0.3 is 25.7 Å². The predicted octanol–water partition coefficient (Wildman–Crippen LogP) is 1.03. The maximum absolute atomic E-state index is 12.7. The molecule has 0 saturated heterocycles. The van der Waals surface area contributed by atoms with E-state index in [1.165, 1.54) is 11.3 Å². The van der Waals surface area contributed by atoms with Gasteiger partial charge in [0, 0.05) is 17.7 Å². The summed E-state index contributed by atoms with van der Waals surface area (Å²) in [6.07, 6.45) is 5.68. The second-order valence-corrected chi connectivity index (χ2v) is 10.2. The van der Waals surface area contributed by atoms with Crippen molar-refractivity contribution in [2.75, 3.05) is 11.9 Å². The van der Waals surface area contributed by atoms with Crippen molar-refractivity contribution in [2.45, 2.75) is 38.8 Å². The highest BCUT2D eigenvalue weighted by Gasteiger charge is 2.24. The summed E-state index contributed by atoms with van der Waals surface area (Å²) in [5.41, 5.74) is 1.72. The number of amides is 1. The predicted molar refractivity (Wildman–Crippen MR) is 136 cm³/mol. The molecule has 0 spiro atoms. The van der Waals surface area contributed by atoms with Crippen LogP contribution < -0.4 is 27.0 Å². The molecule has 11 heteroatoms. The molecule has 1 aliphatic carbocycles. The molecule has 5 N–H and O–H groups in total. The Morgan fingerprint density at radius 2 is 2.17 bits per heavy atom. The van der Waals surface area contributed by atoms with E-state index in [1.807, 2.05) is 26.0 Å². The number of imidazole rings is 1. The smallest absolute Gasteiger partial charge is 0.323 e. The van der Waals surface area contributed by atoms with Crippen LogP contribution in [0.5, 0.6) is 0 Å². The number of fused-ring (bicyclic) bond motifs is 1. The minimum absolute atomic E-state index is 0.113. The van der Waals surface area contributed by atoms with E-state index in [9.17, 15) is 14.7 Å². The van der Waals surface area contributed by atoms with Crippen LogP contribution in [0.3, 0.4) is 0 Å². The van der Waals surface area contributed by atoms with Crippen molar-refractivity contribution in [1.29, 1.82) is 0 Å². The van der Waals surface area contributed by atoms with Crippen molar-refractivity contribution < 1.29 is 9.90 Å². The standard InChI is InChI=1S/C24H27N7O3S/c1-12(2)18(11-32)29-23(33)20-7-6-19(35-20)17-9-21(27-15-4-5-15)31-22(28-17)14(10-25-31)8-16-13(3)26-24(34)30-16/h6-10,12,15,18,27,32H,3-5,11H2,1-2H3,(H,29,33)(H2,26,30,34)/b16-8-/t18-/m0/s1. The van der Waals surface area contributed by atoms with E-state index in [1.54, 1.807) is 22.9 Å². The van der Waals surface area contributed by atoms with Gasteiger partial charge in [0.25, 0.3) is 5.91 Å². The van der Waals surface area contributed by atoms with Crippen LogP contribution in [0, 0.1) is 5.92 Å². The molecule has 0 unspecified atom stereocenters. The summed E-state index contributed by atoms with van der Waals surface area (Å²) < 4.78 is 1.75. The third-order valence-electron chi connectivity index (χ3n) is 5.97. The molecule has 1 fully saturated rings. The van der Waals surface area contributed by atoms with Crippen LogP contribution in [0.1, 0.15) is 41.9 Å². The summed E-state index contributed by atoms with van der Waals surface area (Å²) in [5, 5.41) is 21.5. The number of aromatic nitrogens is 5. The Labute approximate surface area is 204 Å². The number of nitrogens with zero attached hydrogens (tertiary/aromatic N) is 3. The van der Waals surface area contributed by atoms with Gasteiger partial charge in [-0.25, -0.2) is 9.78 Å². The number of anilines is 1. The highest BCUT2D eigenvalue weighted by molar-refractivity contribution is 7.17. The summed E-state index contributed by atoms with van der Waals surface area (Å²) >= 11 is 1.34. The van der Waals surface area contributed by atoms with Gasteiger partial charge in [-0.2, -0.15) is 9.61 Å². The Kier molecular flexibility index (Phi) is 6.03. The zero-order chi connectivity index (χ0) is 24.7. The van der Waals surface area contributed by atoms with Crippen molar-refractivity contribution in [3.8, 4) is 10.6 Å². The number of hydrogen-bond acceptors (Lipinski definition) is 7. The quantitative estimate of drug-likeness (QED) is 0.248. The Hall–Kier alpha value is -3.70. The van der Waals surface area contributed by atoms with Gasteiger partial charge in [0.1, 0.15) is 5.82 Å². The van der Waals surface area contributed by atoms with Gasteiger partial charge in [-0.05, 0) is 37.0 Å². The van der Waals surface area contributed by atoms with Crippen LogP contribution in [-0.4, -0.2) is 54.3 Å². The first-order chi connectivity index (χ1) is 16.8. The first-order valence-electron chi connectivity index (χ1n) is 11.5. The molecule has 1 amide bonds. The fourth-order valence-corrected chi connectivity index (χ4v) is 4.59. The molecule has 0 bridgehead atoms. The van der Waals surface area contributed by atoms with Crippen molar-refractivity contribution in [3.63, 3.8) is 0 Å². The van der Waals surface area contributed by atoms with Crippen LogP contribution in [0.2, 0.25) is 0 Å². The van der Waals surface area contributed by atoms with E-state index in [-0.39, 0.29) is 30.2 Å². The second kappa shape index (κ2) is 9.16. The zero-order valence-electron chi connectivity index (χ0n) is 19.5. The third-order valence-corrected chi connectivity index (χ3v) is 7.07. The van der Waals surface area contributed by atoms with Crippen LogP contribution >= 0.6 is 11.3 Å². The normalized spacial score (nSPS) is 15.1. The average molecular weight is 494 g/mol. The van der Waals surface area contributed by atoms with Crippen molar-refractivity contribution in [3.05, 3.63) is 56.0 Å². The summed E-state index contributed by atoms with van der Waals surface area (Å²) in [4.78, 5) is 36.0. The van der Waals surface area contributed by atoms with E-state index in [0.717, 1.165) is 29.1 Å². The van der Waals surface area contributed by atoms with Gasteiger partial charge in [0.15, 0.2) is 5.65 Å². The Balaban J connectivity index is 1.55. The number of rotatable bonds is 8. The van der Waals surface area contributed by atoms with Crippen LogP contribution in [0.25, 0.3) is 28.9 Å². The summed E-state index contributed by atoms with van der Waals surface area (Å²) in [6.45, 7) is 7.65. The van der Waals surface area contributed by atoms with Crippen molar-refractivity contribution in [2.24, 2.45) is 5.92 Å². The molecule has 10 nitrogen and oxygen atoms in total. The molecule has 4 heterocycles. The molecule has 35 heavy (non-hydrogen) atoms. The molecule has 1 saturated carbocycles. The molecular formula is C24H27N7O3S. The van der Waals surface area contributed by atoms with Gasteiger partial charge in [0.05, 0.1) is 45.0 Å². The molecule has 0 radical (unpaired) electrons. The lowest BCUT2D eigenvalue weighted by Gasteiger charge is -2.19. The average Bonchev–Trinajstić information content (AvgIpc) is 3.19. The van der Waals surface area contributed by atoms with Crippen LogP contribution in [-0.2, 0) is 0 Å². The minimum atomic E-state index is -0.326. The van der Waals surface area contributed by atoms with E-state index >= 15 is 0 Å². The molecule has 0 aliphatic heterocycles. The van der Waals surface area contributed by atoms with Crippen LogP contribution in [0.15, 0.2) is 29.2 Å². The minimum Gasteiger partial charge on any atom is -0.394 e. The number of aliphatic hydroxyl groups is 1. The van der Waals surface area contributed by atoms with Crippen LogP contribution in [0.4, 0.5) is 5.82 Å². The number of thiophene rings is 1. The maximum atomic E-state index is 12.7. The first-order valence-corrected chi connectivity index (χ1v) is 12.3. The topological polar surface area (TPSA) is 140 Å². The van der Waals surface area contributed by atoms with E-state index in [4.69, 9.17) is 4.98 Å². The molecule has 5 rings (SSSR count). The molecule has 182 valence electrons. The largest absolute Gasteiger partial charge is 0.394 e. The number of nitrogens with one attached hydrogen (secondary N) is 4. The third kappa shape index (κ3) is 4.77. The Bertz CT molecular complexity index is 1560. The number of aliphatic hydroxyl groups excluding tert-OH is 1. The highest BCUT2D eigenvalue weighted by atomic mass is 32.1. The molecule has 1 aliphatic rings. The van der Waals surface area contributed by atoms with Gasteiger partial charge in [-0.1, -0.05) is 20.4 Å². The lowest BCUT2D eigenvalue weighted by atomic mass is 10.1. The summed E-state index contributed by atoms with van der Waals surface area (Å²) in [5.74, 6) is 0.710. The van der Waals surface area contributed by atoms with Gasteiger partial charge >= 0.3 is 5.69 Å². The number of hydrogen-bond donors (Lipinski definition) is 5. The fraction of sp³-hybridized carbons (Fsp3) is 0.333. The molecule has 0 aromatic carbocycles. The molecular weight excluding hydrogens is 466 g/mol. The number of carbonyl (C=O) groups excluding carboxylic acids is 1. The maximum Gasteiger partial charge on any atom is 0.323 e. The SMILES string of the molecule is C=c1[nH]c(=O)[nH]/c1=C\c1cnn2c(NC3CC3)cc(-c3ccc(C(=O)N[C@@H](CO)C(C)C)s3)nc12. The highest BCUT2D eigenvalue weighted by Crippen LogP contribution is 2.32. The number of H-pyrrole nitrogens is 2. The summed E-state index contributed by atoms with van der Waals surface area (Å²) in [7, 11) is 0. The second-order valence-electron chi connectivity index (χ2n) is 9.07.